The summed E-state index contributed by atoms with van der Waals surface area (Å²) < 4.78 is 26.7. The largest absolute Gasteiger partial charge is 0.465 e. The highest BCUT2D eigenvalue weighted by Crippen LogP contribution is 2.77. The normalized spacial score (nSPS) is 38.4. The third kappa shape index (κ3) is 5.02. The third-order valence-corrected chi connectivity index (χ3v) is 16.0. The van der Waals surface area contributed by atoms with E-state index in [2.05, 4.69) is 54.2 Å². The van der Waals surface area contributed by atoms with Crippen LogP contribution in [-0.4, -0.2) is 25.7 Å². The molecule has 4 fully saturated rings. The lowest BCUT2D eigenvalue weighted by atomic mass is 9.32. The molecule has 5 heteroatoms. The molecule has 2 aromatic rings. The van der Waals surface area contributed by atoms with E-state index >= 15 is 4.39 Å². The van der Waals surface area contributed by atoms with E-state index in [1.54, 1.807) is 12.1 Å². The van der Waals surface area contributed by atoms with Gasteiger partial charge in [-0.3, -0.25) is 0 Å². The average Bonchev–Trinajstić information content (AvgIpc) is 3.48. The molecule has 0 aliphatic heterocycles. The molecule has 0 amide bonds. The van der Waals surface area contributed by atoms with Crippen LogP contribution in [0.4, 0.5) is 4.39 Å². The van der Waals surface area contributed by atoms with Gasteiger partial charge in [-0.05, 0) is 146 Å². The molecule has 4 saturated carbocycles. The number of carbonyl (C=O) groups excluding carboxylic acids is 2. The average molecular weight is 681 g/mol. The Labute approximate surface area is 299 Å². The summed E-state index contributed by atoms with van der Waals surface area (Å²) in [6, 6.07) is 14.2. The maximum Gasteiger partial charge on any atom is 0.338 e. The molecule has 0 bridgehead atoms. The number of methoxy groups -OCH3 is 1. The molecule has 0 radical (unpaired) electrons. The van der Waals surface area contributed by atoms with Crippen molar-refractivity contribution in [1.82, 2.24) is 0 Å². The number of esters is 2. The SMILES string of the molecule is C=C(C)C1CCC2(COC(=O)c3ccccc3)CCC3(C)C(CCC4C5(C)CC=C(c6ccc(C(=O)OC)cc6F)C(C)(C)C5CCC43C)C12. The van der Waals surface area contributed by atoms with Crippen LogP contribution in [0.5, 0.6) is 0 Å². The lowest BCUT2D eigenvalue weighted by molar-refractivity contribution is -0.228. The second kappa shape index (κ2) is 12.2. The molecule has 0 aromatic heterocycles. The summed E-state index contributed by atoms with van der Waals surface area (Å²) in [7, 11) is 1.33. The summed E-state index contributed by atoms with van der Waals surface area (Å²) in [6.45, 7) is 19.7. The summed E-state index contributed by atoms with van der Waals surface area (Å²) in [5.74, 6) is 1.39. The van der Waals surface area contributed by atoms with Crippen molar-refractivity contribution in [3.63, 3.8) is 0 Å². The van der Waals surface area contributed by atoms with Crippen LogP contribution in [0, 0.1) is 62.5 Å². The van der Waals surface area contributed by atoms with Crippen LogP contribution in [0.2, 0.25) is 0 Å². The van der Waals surface area contributed by atoms with E-state index in [4.69, 9.17) is 9.47 Å². The number of allylic oxidation sites excluding steroid dienone is 3. The van der Waals surface area contributed by atoms with Crippen LogP contribution in [0.15, 0.2) is 66.8 Å². The van der Waals surface area contributed by atoms with E-state index < -0.39 is 5.97 Å². The van der Waals surface area contributed by atoms with E-state index in [9.17, 15) is 9.59 Å². The van der Waals surface area contributed by atoms with Gasteiger partial charge >= 0.3 is 11.9 Å². The molecule has 5 aliphatic rings. The van der Waals surface area contributed by atoms with Gasteiger partial charge in [-0.25, -0.2) is 14.0 Å². The molecule has 2 aromatic carbocycles. The van der Waals surface area contributed by atoms with E-state index in [-0.39, 0.29) is 44.4 Å². The topological polar surface area (TPSA) is 52.6 Å². The first-order valence-corrected chi connectivity index (χ1v) is 19.1. The number of hydrogen-bond acceptors (Lipinski definition) is 4. The van der Waals surface area contributed by atoms with Crippen molar-refractivity contribution in [2.45, 2.75) is 99.3 Å². The Morgan fingerprint density at radius 2 is 1.58 bits per heavy atom. The number of benzene rings is 2. The number of fused-ring (bicyclic) bond motifs is 7. The van der Waals surface area contributed by atoms with Gasteiger partial charge in [0.2, 0.25) is 0 Å². The van der Waals surface area contributed by atoms with Crippen LogP contribution in [0.1, 0.15) is 126 Å². The van der Waals surface area contributed by atoms with Gasteiger partial charge in [0.1, 0.15) is 5.82 Å². The summed E-state index contributed by atoms with van der Waals surface area (Å²) in [5, 5.41) is 0. The maximum absolute atomic E-state index is 15.7. The molecule has 7 rings (SSSR count). The second-order valence-electron chi connectivity index (χ2n) is 18.2. The predicted molar refractivity (Wildman–Crippen MR) is 197 cm³/mol. The van der Waals surface area contributed by atoms with Crippen LogP contribution >= 0.6 is 0 Å². The lowest BCUT2D eigenvalue weighted by Gasteiger charge is -2.72. The molecule has 9 atom stereocenters. The molecule has 50 heavy (non-hydrogen) atoms. The van der Waals surface area contributed by atoms with E-state index in [1.165, 1.54) is 38.0 Å². The minimum absolute atomic E-state index is 0.000487. The number of ether oxygens (including phenoxy) is 2. The zero-order valence-corrected chi connectivity index (χ0v) is 31.4. The Balaban J connectivity index is 1.19. The first-order valence-electron chi connectivity index (χ1n) is 19.1. The number of halogens is 1. The molecule has 0 N–H and O–H groups in total. The van der Waals surface area contributed by atoms with Crippen molar-refractivity contribution >= 4 is 17.5 Å². The molecule has 5 aliphatic carbocycles. The van der Waals surface area contributed by atoms with Crippen molar-refractivity contribution in [3.05, 3.63) is 89.3 Å². The van der Waals surface area contributed by atoms with Gasteiger partial charge in [0, 0.05) is 11.0 Å². The van der Waals surface area contributed by atoms with Crippen molar-refractivity contribution < 1.29 is 23.5 Å². The minimum atomic E-state index is -0.518. The molecule has 0 saturated heterocycles. The molecule has 0 spiro atoms. The van der Waals surface area contributed by atoms with Gasteiger partial charge in [0.05, 0.1) is 24.8 Å². The van der Waals surface area contributed by atoms with Gasteiger partial charge in [-0.2, -0.15) is 0 Å². The van der Waals surface area contributed by atoms with Crippen molar-refractivity contribution in [2.24, 2.45) is 56.7 Å². The molecule has 4 nitrogen and oxygen atoms in total. The summed E-state index contributed by atoms with van der Waals surface area (Å²) >= 11 is 0. The van der Waals surface area contributed by atoms with Gasteiger partial charge in [-0.15, -0.1) is 0 Å². The Hall–Kier alpha value is -3.21. The highest BCUT2D eigenvalue weighted by molar-refractivity contribution is 5.90. The van der Waals surface area contributed by atoms with E-state index in [1.807, 2.05) is 30.3 Å². The van der Waals surface area contributed by atoms with Crippen molar-refractivity contribution in [1.29, 1.82) is 0 Å². The number of carbonyl (C=O) groups is 2. The Kier molecular flexibility index (Phi) is 8.59. The van der Waals surface area contributed by atoms with Crippen molar-refractivity contribution in [3.8, 4) is 0 Å². The lowest BCUT2D eigenvalue weighted by Crippen LogP contribution is -2.65. The predicted octanol–water partition coefficient (Wildman–Crippen LogP) is 11.1. The smallest absolute Gasteiger partial charge is 0.338 e. The Bertz CT molecular complexity index is 1730. The maximum atomic E-state index is 15.7. The van der Waals surface area contributed by atoms with Gasteiger partial charge < -0.3 is 9.47 Å². The molecular weight excluding hydrogens is 623 g/mol. The van der Waals surface area contributed by atoms with Crippen LogP contribution in [-0.2, 0) is 9.47 Å². The summed E-state index contributed by atoms with van der Waals surface area (Å²) in [4.78, 5) is 25.3. The number of hydrogen-bond donors (Lipinski definition) is 0. The molecule has 268 valence electrons. The summed E-state index contributed by atoms with van der Waals surface area (Å²) in [6.07, 6.45) is 12.5. The minimum Gasteiger partial charge on any atom is -0.465 e. The first-order chi connectivity index (χ1) is 23.6. The third-order valence-electron chi connectivity index (χ3n) is 16.0. The fraction of sp³-hybridized carbons (Fsp3) is 0.600. The fourth-order valence-electron chi connectivity index (χ4n) is 13.4. The zero-order valence-electron chi connectivity index (χ0n) is 31.4. The first kappa shape index (κ1) is 35.2. The van der Waals surface area contributed by atoms with Gasteiger partial charge in [0.15, 0.2) is 0 Å². The monoisotopic (exact) mass is 680 g/mol. The van der Waals surface area contributed by atoms with Crippen LogP contribution in [0.25, 0.3) is 5.57 Å². The van der Waals surface area contributed by atoms with Gasteiger partial charge in [-0.1, -0.05) is 77.1 Å². The number of rotatable bonds is 6. The molecule has 0 heterocycles. The quantitative estimate of drug-likeness (QED) is 0.225. The van der Waals surface area contributed by atoms with E-state index in [0.29, 0.717) is 47.3 Å². The highest BCUT2D eigenvalue weighted by Gasteiger charge is 2.70. The van der Waals surface area contributed by atoms with Crippen LogP contribution in [0.3, 0.4) is 0 Å². The van der Waals surface area contributed by atoms with E-state index in [0.717, 1.165) is 44.1 Å². The standard InChI is InChI=1S/C45H57FO4/c1-28(2)31-18-23-45(27-50-40(48)29-12-10-9-11-13-29)25-24-43(6)34(38(31)45)16-17-37-42(5)21-19-33(41(3,4)36(42)20-22-44(37,43)7)32-15-14-30(26-35(32)46)39(47)49-8/h9-15,19,26,31,34,36-38H,1,16-18,20-25,27H2,2-8H3. The second-order valence-corrected chi connectivity index (χ2v) is 18.2. The Morgan fingerprint density at radius 3 is 2.26 bits per heavy atom. The highest BCUT2D eigenvalue weighted by atomic mass is 19.1. The Morgan fingerprint density at radius 1 is 0.840 bits per heavy atom. The van der Waals surface area contributed by atoms with Gasteiger partial charge in [0.25, 0.3) is 0 Å². The molecular formula is C45H57FO4. The summed E-state index contributed by atoms with van der Waals surface area (Å²) in [5.41, 5.74) is 4.06. The molecule has 9 unspecified atom stereocenters. The van der Waals surface area contributed by atoms with Crippen molar-refractivity contribution in [2.75, 3.05) is 13.7 Å². The zero-order chi connectivity index (χ0) is 35.9. The fourth-order valence-corrected chi connectivity index (χ4v) is 13.4. The van der Waals surface area contributed by atoms with Crippen LogP contribution < -0.4 is 0 Å².